The van der Waals surface area contributed by atoms with E-state index in [4.69, 9.17) is 77.3 Å². The molecule has 0 unspecified atom stereocenters. The number of carbonyl (C=O) groups is 14. The van der Waals surface area contributed by atoms with Gasteiger partial charge in [-0.1, -0.05) is 51.1 Å². The molecule has 132 heavy (non-hydrogen) atoms. The van der Waals surface area contributed by atoms with Gasteiger partial charge in [0.25, 0.3) is 5.91 Å². The number of nitrogens with two attached hydrogens (primary N) is 7. The fourth-order valence-electron chi connectivity index (χ4n) is 16.0. The maximum absolute atomic E-state index is 15.5. The predicted octanol–water partition coefficient (Wildman–Crippen LogP) is -6.46. The highest BCUT2D eigenvalue weighted by atomic mass is 16.5. The van der Waals surface area contributed by atoms with E-state index in [2.05, 4.69) is 85.1 Å². The minimum atomic E-state index is -1.51. The molecule has 0 aliphatic carbocycles. The molecule has 3 saturated heterocycles. The molecule has 7 rings (SSSR count). The Labute approximate surface area is 762 Å². The second-order valence-corrected chi connectivity index (χ2v) is 33.2. The van der Waals surface area contributed by atoms with Gasteiger partial charge in [-0.05, 0) is 138 Å². The number of fused-ring (bicyclic) bond motifs is 2. The van der Waals surface area contributed by atoms with Gasteiger partial charge in [-0.2, -0.15) is 0 Å². The van der Waals surface area contributed by atoms with Crippen molar-refractivity contribution in [1.82, 2.24) is 99.8 Å². The zero-order valence-electron chi connectivity index (χ0n) is 74.2. The Kier molecular flexibility index (Phi) is 40.7. The molecule has 12 atom stereocenters. The van der Waals surface area contributed by atoms with Crippen molar-refractivity contribution in [3.63, 3.8) is 0 Å². The molecular weight excluding hydrogens is 1720 g/mol. The van der Waals surface area contributed by atoms with Crippen LogP contribution in [0.25, 0.3) is 0 Å². The van der Waals surface area contributed by atoms with E-state index in [0.29, 0.717) is 28.2 Å². The fraction of sp³-hybridized carbons (Fsp3) is 0.542. The van der Waals surface area contributed by atoms with Crippen molar-refractivity contribution < 1.29 is 82.1 Å². The number of likely N-dealkylation sites (tertiary alicyclic amines) is 3. The molecule has 3 aromatic rings. The largest absolute Gasteiger partial charge is 0.508 e. The van der Waals surface area contributed by atoms with Gasteiger partial charge in [0.15, 0.2) is 35.8 Å². The lowest BCUT2D eigenvalue weighted by molar-refractivity contribution is -0.144. The van der Waals surface area contributed by atoms with E-state index in [1.807, 2.05) is 0 Å². The van der Waals surface area contributed by atoms with E-state index in [9.17, 15) is 53.4 Å². The maximum atomic E-state index is 15.5. The van der Waals surface area contributed by atoms with Crippen LogP contribution in [0.15, 0.2) is 60.7 Å². The number of hydrogen-bond acceptors (Lipinski definition) is 23. The number of phenols is 2. The first-order valence-corrected chi connectivity index (χ1v) is 43.7. The lowest BCUT2D eigenvalue weighted by atomic mass is 9.80. The number of hydrogen-bond donors (Lipinski definition) is 31. The first kappa shape index (κ1) is 104. The lowest BCUT2D eigenvalue weighted by Gasteiger charge is -2.32. The summed E-state index contributed by atoms with van der Waals surface area (Å²) in [6, 6.07) is 3.37. The minimum absolute atomic E-state index is 0.00432. The molecular formula is C83H128N32O17. The van der Waals surface area contributed by atoms with Crippen molar-refractivity contribution >= 4 is 118 Å². The van der Waals surface area contributed by atoms with Gasteiger partial charge in [-0.3, -0.25) is 99.6 Å². The minimum Gasteiger partial charge on any atom is -0.508 e. The molecule has 3 fully saturated rings. The van der Waals surface area contributed by atoms with Gasteiger partial charge in [-0.15, -0.1) is 0 Å². The van der Waals surface area contributed by atoms with Crippen LogP contribution in [0.3, 0.4) is 0 Å². The predicted molar refractivity (Wildman–Crippen MR) is 483 cm³/mol. The summed E-state index contributed by atoms with van der Waals surface area (Å²) < 4.78 is 6.08. The zero-order valence-corrected chi connectivity index (χ0v) is 74.2. The molecule has 0 saturated carbocycles. The van der Waals surface area contributed by atoms with E-state index in [-0.39, 0.29) is 209 Å². The Balaban J connectivity index is 1.10. The highest BCUT2D eigenvalue weighted by molar-refractivity contribution is 6.01. The van der Waals surface area contributed by atoms with Crippen molar-refractivity contribution in [2.75, 3.05) is 85.1 Å². The van der Waals surface area contributed by atoms with E-state index in [1.54, 1.807) is 57.2 Å². The molecule has 722 valence electrons. The van der Waals surface area contributed by atoms with Crippen molar-refractivity contribution in [2.45, 2.75) is 184 Å². The Bertz CT molecular complexity index is 4640. The van der Waals surface area contributed by atoms with Gasteiger partial charge >= 0.3 is 0 Å². The number of ether oxygens (including phenoxy) is 1. The Hall–Kier alpha value is -14.7. The van der Waals surface area contributed by atoms with Crippen molar-refractivity contribution in [3.8, 4) is 23.0 Å². The SMILES string of the molecule is C[C@H]1C[C@@H](C(=O)NCC(=O)NCC(=O)NCC(N)=O)N(C(=O)[C@H](CCCNC(=N)N)NC(=O)[C@H](CCCNC(=N)N)NC(=O)[C@@H]2C[C@H](C)CN2C(=O)[C@H](CCCNC(=N)N)NC(=O)[C@H](CCCNC(=N)N)NC(=O)[C@@H]2C[C@H](C)CN2C(=O)[C@H](CCCNC(=N)N)NC(=O)[C@H](CCCNC(=N)N)NC(=O)CCNC(=O)c2ccccc2C2c3ccc(O)cc3Oc3cc(O)ccc32)C1. The number of amides is 14. The van der Waals surface area contributed by atoms with Crippen molar-refractivity contribution in [1.29, 1.82) is 32.5 Å². The number of phenolic OH excluding ortho intramolecular Hbond substituents is 2. The van der Waals surface area contributed by atoms with E-state index in [1.165, 1.54) is 39.0 Å². The molecule has 4 aliphatic heterocycles. The van der Waals surface area contributed by atoms with Crippen LogP contribution in [0.4, 0.5) is 0 Å². The summed E-state index contributed by atoms with van der Waals surface area (Å²) in [4.78, 5) is 203. The average Bonchev–Trinajstić information content (AvgIpc) is 0.789. The van der Waals surface area contributed by atoms with Gasteiger partial charge in [0.1, 0.15) is 77.4 Å². The van der Waals surface area contributed by atoms with Crippen LogP contribution in [-0.4, -0.2) is 283 Å². The summed E-state index contributed by atoms with van der Waals surface area (Å²) in [7, 11) is 0. The summed E-state index contributed by atoms with van der Waals surface area (Å²) in [5, 5.41) is 110. The number of benzene rings is 3. The molecule has 0 radical (unpaired) electrons. The quantitative estimate of drug-likeness (QED) is 0.0111. The summed E-state index contributed by atoms with van der Waals surface area (Å²) >= 11 is 0. The summed E-state index contributed by atoms with van der Waals surface area (Å²) in [6.07, 6.45) is -0.471. The molecule has 14 amide bonds. The summed E-state index contributed by atoms with van der Waals surface area (Å²) in [6.45, 7) is 3.51. The van der Waals surface area contributed by atoms with Crippen LogP contribution >= 0.6 is 0 Å². The number of rotatable bonds is 50. The molecule has 38 N–H and O–H groups in total. The van der Waals surface area contributed by atoms with Crippen molar-refractivity contribution in [3.05, 3.63) is 82.9 Å². The molecule has 0 aromatic heterocycles. The van der Waals surface area contributed by atoms with Gasteiger partial charge in [-0.25, -0.2) is 0 Å². The Morgan fingerprint density at radius 2 is 0.697 bits per heavy atom. The molecule has 4 heterocycles. The van der Waals surface area contributed by atoms with Crippen molar-refractivity contribution in [2.24, 2.45) is 57.9 Å². The van der Waals surface area contributed by atoms with Gasteiger partial charge < -0.3 is 155 Å². The van der Waals surface area contributed by atoms with Gasteiger partial charge in [0.05, 0.1) is 19.6 Å². The lowest BCUT2D eigenvalue weighted by Crippen LogP contribution is -2.60. The standard InChI is InChI=1S/C83H128N32O17/c1-43-32-58(72(126)106-39-66(121)105-38-65(120)104-37-63(84)118)113(40-43)75(129)55(17-9-28-101-81(91)92)111-70(124)53(15-7-26-99-79(87)88)108-74(128)60-34-45(3)42-115(60)77(131)57(19-11-30-103-83(95)96)112-71(125)54(16-8-27-100-80(89)90)109-73(127)59-33-44(2)41-114(59)76(130)56(18-10-29-102-82(93)94)110-69(123)52(14-6-25-98-78(85)86)107-64(119)24-31-97-68(122)49-13-5-4-12-48(49)67-50-22-20-46(116)35-61(50)132-62-36-47(117)21-23-51(62)67/h4-5,12-13,20-23,35-36,43-45,52-60,67,116-117H,6-11,14-19,24-34,37-42H2,1-3H3,(H2,84,118)(H,97,122)(H,104,120)(H,105,121)(H,106,126)(H,107,119)(H,108,128)(H,109,127)(H,110,123)(H,111,124)(H,112,125)(H4,85,86,98)(H4,87,88,99)(H4,89,90,100)(H4,91,92,101)(H4,93,94,102)(H4,95,96,103)/t43-,44-,45-,52-,53-,54-,55-,56-,57-,58-,59-,60-/m0/s1. The third-order valence-corrected chi connectivity index (χ3v) is 22.3. The van der Waals surface area contributed by atoms with Crippen LogP contribution < -0.4 is 130 Å². The molecule has 49 heteroatoms. The van der Waals surface area contributed by atoms with Crippen LogP contribution in [-0.2, 0) is 62.3 Å². The number of aromatic hydroxyl groups is 2. The first-order valence-electron chi connectivity index (χ1n) is 43.7. The molecule has 4 aliphatic rings. The first-order chi connectivity index (χ1) is 62.7. The highest BCUT2D eigenvalue weighted by Gasteiger charge is 2.47. The smallest absolute Gasteiger partial charge is 0.251 e. The second-order valence-electron chi connectivity index (χ2n) is 33.2. The third-order valence-electron chi connectivity index (χ3n) is 22.3. The summed E-state index contributed by atoms with van der Waals surface area (Å²) in [5.74, 6) is -14.6. The van der Waals surface area contributed by atoms with Crippen LogP contribution in [0, 0.1) is 50.2 Å². The van der Waals surface area contributed by atoms with Crippen LogP contribution in [0.1, 0.15) is 156 Å². The number of nitrogens with zero attached hydrogens (tertiary/aromatic N) is 3. The number of carbonyl (C=O) groups excluding carboxylic acids is 14. The average molecular weight is 1850 g/mol. The van der Waals surface area contributed by atoms with Crippen LogP contribution in [0.5, 0.6) is 23.0 Å². The fourth-order valence-corrected chi connectivity index (χ4v) is 16.0. The Morgan fingerprint density at radius 1 is 0.371 bits per heavy atom. The zero-order chi connectivity index (χ0) is 97.0. The van der Waals surface area contributed by atoms with E-state index in [0.717, 1.165) is 0 Å². The van der Waals surface area contributed by atoms with Gasteiger partial charge in [0, 0.05) is 107 Å². The van der Waals surface area contributed by atoms with Gasteiger partial charge in [0.2, 0.25) is 76.8 Å². The van der Waals surface area contributed by atoms with E-state index >= 15 is 24.0 Å². The maximum Gasteiger partial charge on any atom is 0.251 e. The topological polar surface area (TPSA) is 816 Å². The number of guanidine groups is 6. The molecule has 3 aromatic carbocycles. The molecule has 49 nitrogen and oxygen atoms in total. The van der Waals surface area contributed by atoms with Crippen LogP contribution in [0.2, 0.25) is 0 Å². The summed E-state index contributed by atoms with van der Waals surface area (Å²) in [5.41, 5.74) is 40.7. The highest BCUT2D eigenvalue weighted by Crippen LogP contribution is 2.50. The second kappa shape index (κ2) is 51.5. The van der Waals surface area contributed by atoms with E-state index < -0.39 is 192 Å². The number of primary amides is 1. The number of nitrogens with one attached hydrogen (secondary N) is 22. The Morgan fingerprint density at radius 3 is 1.05 bits per heavy atom. The third kappa shape index (κ3) is 33.1. The molecule has 0 bridgehead atoms. The molecule has 0 spiro atoms. The monoisotopic (exact) mass is 1850 g/mol. The normalized spacial score (nSPS) is 17.8.